The summed E-state index contributed by atoms with van der Waals surface area (Å²) in [7, 11) is 0. The van der Waals surface area contributed by atoms with E-state index in [0.29, 0.717) is 34.9 Å². The van der Waals surface area contributed by atoms with Crippen LogP contribution in [0, 0.1) is 6.92 Å². The summed E-state index contributed by atoms with van der Waals surface area (Å²) >= 11 is 0. The molecule has 0 saturated heterocycles. The quantitative estimate of drug-likeness (QED) is 0.883. The molecule has 0 spiro atoms. The number of nitrogens with one attached hydrogen (secondary N) is 2. The van der Waals surface area contributed by atoms with E-state index in [2.05, 4.69) is 15.3 Å². The highest BCUT2D eigenvalue weighted by Gasteiger charge is 2.26. The molecule has 0 fully saturated rings. The smallest absolute Gasteiger partial charge is 0.254 e. The summed E-state index contributed by atoms with van der Waals surface area (Å²) < 4.78 is 0. The van der Waals surface area contributed by atoms with E-state index in [1.165, 1.54) is 4.90 Å². The topological polar surface area (TPSA) is 95.2 Å². The Hall–Kier alpha value is -2.96. The van der Waals surface area contributed by atoms with Gasteiger partial charge in [-0.2, -0.15) is 0 Å². The Labute approximate surface area is 145 Å². The van der Waals surface area contributed by atoms with Gasteiger partial charge in [0.05, 0.1) is 11.4 Å². The van der Waals surface area contributed by atoms with Gasteiger partial charge < -0.3 is 15.2 Å². The second kappa shape index (κ2) is 6.88. The predicted molar refractivity (Wildman–Crippen MR) is 94.7 cm³/mol. The molecule has 0 unspecified atom stereocenters. The minimum absolute atomic E-state index is 0.0157. The van der Waals surface area contributed by atoms with Gasteiger partial charge in [0.15, 0.2) is 0 Å². The van der Waals surface area contributed by atoms with Gasteiger partial charge in [-0.3, -0.25) is 14.4 Å². The van der Waals surface area contributed by atoms with E-state index in [1.807, 2.05) is 13.0 Å². The van der Waals surface area contributed by atoms with Gasteiger partial charge >= 0.3 is 0 Å². The number of hydrogen-bond donors (Lipinski definition) is 2. The van der Waals surface area contributed by atoms with Gasteiger partial charge in [-0.1, -0.05) is 19.1 Å². The third kappa shape index (κ3) is 3.45. The largest absolute Gasteiger partial charge is 0.323 e. The number of amides is 2. The first-order chi connectivity index (χ1) is 12.0. The first kappa shape index (κ1) is 16.9. The Morgan fingerprint density at radius 3 is 2.76 bits per heavy atom. The lowest BCUT2D eigenvalue weighted by molar-refractivity contribution is -0.121. The molecule has 0 aliphatic carbocycles. The molecule has 0 atom stereocenters. The molecule has 130 valence electrons. The Kier molecular flexibility index (Phi) is 4.65. The number of aromatic nitrogens is 2. The zero-order valence-electron chi connectivity index (χ0n) is 14.3. The molecular formula is C18H20N4O3. The van der Waals surface area contributed by atoms with Crippen LogP contribution in [0.1, 0.15) is 30.4 Å². The lowest BCUT2D eigenvalue weighted by atomic mass is 10.1. The molecule has 1 aliphatic heterocycles. The Morgan fingerprint density at radius 1 is 1.28 bits per heavy atom. The summed E-state index contributed by atoms with van der Waals surface area (Å²) in [6, 6.07) is 7.17. The molecule has 1 aromatic carbocycles. The first-order valence-corrected chi connectivity index (χ1v) is 8.27. The number of carbonyl (C=O) groups excluding carboxylic acids is 2. The second-order valence-electron chi connectivity index (χ2n) is 5.98. The van der Waals surface area contributed by atoms with Crippen molar-refractivity contribution in [2.45, 2.75) is 33.1 Å². The van der Waals surface area contributed by atoms with Crippen LogP contribution >= 0.6 is 0 Å². The summed E-state index contributed by atoms with van der Waals surface area (Å²) in [5.74, 6) is 0.218. The number of anilines is 2. The third-order valence-electron chi connectivity index (χ3n) is 4.27. The summed E-state index contributed by atoms with van der Waals surface area (Å²) in [5.41, 5.74) is 2.26. The van der Waals surface area contributed by atoms with E-state index in [9.17, 15) is 14.4 Å². The molecular weight excluding hydrogens is 320 g/mol. The molecule has 7 nitrogen and oxygen atoms in total. The van der Waals surface area contributed by atoms with Crippen LogP contribution in [-0.4, -0.2) is 28.3 Å². The highest BCUT2D eigenvalue weighted by Crippen LogP contribution is 2.29. The van der Waals surface area contributed by atoms with Crippen molar-refractivity contribution in [3.63, 3.8) is 0 Å². The lowest BCUT2D eigenvalue weighted by Gasteiger charge is -2.29. The number of benzene rings is 1. The average molecular weight is 340 g/mol. The lowest BCUT2D eigenvalue weighted by Crippen LogP contribution is -2.42. The molecule has 0 saturated carbocycles. The van der Waals surface area contributed by atoms with Crippen LogP contribution in [0.15, 0.2) is 29.1 Å². The molecule has 25 heavy (non-hydrogen) atoms. The fraction of sp³-hybridized carbons (Fsp3) is 0.333. The number of rotatable bonds is 4. The van der Waals surface area contributed by atoms with Crippen molar-refractivity contribution in [1.29, 1.82) is 0 Å². The van der Waals surface area contributed by atoms with Crippen molar-refractivity contribution in [2.75, 3.05) is 16.8 Å². The van der Waals surface area contributed by atoms with Crippen molar-refractivity contribution in [2.24, 2.45) is 0 Å². The molecule has 1 aromatic heterocycles. The number of fused-ring (bicyclic) bond motifs is 1. The van der Waals surface area contributed by atoms with Gasteiger partial charge in [-0.05, 0) is 25.5 Å². The predicted octanol–water partition coefficient (Wildman–Crippen LogP) is 1.56. The summed E-state index contributed by atoms with van der Waals surface area (Å²) in [6.45, 7) is 3.68. The van der Waals surface area contributed by atoms with Crippen LogP contribution in [0.4, 0.5) is 11.4 Å². The van der Waals surface area contributed by atoms with Crippen molar-refractivity contribution >= 4 is 23.2 Å². The van der Waals surface area contributed by atoms with Crippen LogP contribution in [0.5, 0.6) is 0 Å². The van der Waals surface area contributed by atoms with E-state index in [0.717, 1.165) is 0 Å². The normalized spacial score (nSPS) is 13.4. The highest BCUT2D eigenvalue weighted by atomic mass is 16.2. The zero-order valence-corrected chi connectivity index (χ0v) is 14.3. The minimum atomic E-state index is -0.227. The monoisotopic (exact) mass is 340 g/mol. The number of H-pyrrole nitrogens is 1. The molecule has 2 aromatic rings. The molecule has 2 amide bonds. The Balaban J connectivity index is 1.78. The molecule has 2 N–H and O–H groups in total. The Bertz CT molecular complexity index is 888. The SMILES string of the molecule is CCc1nc(C)c(CCC(=O)N2CC(=O)Nc3ccccc32)c(=O)[nH]1. The van der Waals surface area contributed by atoms with E-state index >= 15 is 0 Å². The van der Waals surface area contributed by atoms with Crippen LogP contribution in [0.25, 0.3) is 0 Å². The van der Waals surface area contributed by atoms with E-state index < -0.39 is 0 Å². The number of nitrogens with zero attached hydrogens (tertiary/aromatic N) is 2. The van der Waals surface area contributed by atoms with Gasteiger partial charge in [0.25, 0.3) is 5.56 Å². The fourth-order valence-corrected chi connectivity index (χ4v) is 2.95. The number of para-hydroxylation sites is 2. The fourth-order valence-electron chi connectivity index (χ4n) is 2.95. The summed E-state index contributed by atoms with van der Waals surface area (Å²) in [4.78, 5) is 45.2. The number of carbonyl (C=O) groups is 2. The van der Waals surface area contributed by atoms with E-state index in [-0.39, 0.29) is 36.8 Å². The Morgan fingerprint density at radius 2 is 2.04 bits per heavy atom. The average Bonchev–Trinajstić information content (AvgIpc) is 2.59. The van der Waals surface area contributed by atoms with Crippen LogP contribution in [-0.2, 0) is 22.4 Å². The first-order valence-electron chi connectivity index (χ1n) is 8.27. The summed E-state index contributed by atoms with van der Waals surface area (Å²) in [5, 5.41) is 2.75. The maximum Gasteiger partial charge on any atom is 0.254 e. The molecule has 3 rings (SSSR count). The van der Waals surface area contributed by atoms with Crippen molar-refractivity contribution < 1.29 is 9.59 Å². The number of hydrogen-bond acceptors (Lipinski definition) is 4. The molecule has 1 aliphatic rings. The van der Waals surface area contributed by atoms with Crippen LogP contribution in [0.2, 0.25) is 0 Å². The molecule has 2 heterocycles. The third-order valence-corrected chi connectivity index (χ3v) is 4.27. The molecule has 7 heteroatoms. The highest BCUT2D eigenvalue weighted by molar-refractivity contribution is 6.09. The van der Waals surface area contributed by atoms with E-state index in [1.54, 1.807) is 25.1 Å². The van der Waals surface area contributed by atoms with Crippen molar-refractivity contribution in [3.05, 3.63) is 51.7 Å². The van der Waals surface area contributed by atoms with Gasteiger partial charge in [0.2, 0.25) is 11.8 Å². The summed E-state index contributed by atoms with van der Waals surface area (Å²) in [6.07, 6.45) is 1.07. The van der Waals surface area contributed by atoms with Crippen LogP contribution < -0.4 is 15.8 Å². The van der Waals surface area contributed by atoms with Crippen molar-refractivity contribution in [1.82, 2.24) is 9.97 Å². The maximum atomic E-state index is 12.6. The second-order valence-corrected chi connectivity index (χ2v) is 5.98. The van der Waals surface area contributed by atoms with Crippen molar-refractivity contribution in [3.8, 4) is 0 Å². The van der Waals surface area contributed by atoms with E-state index in [4.69, 9.17) is 0 Å². The molecule has 0 radical (unpaired) electrons. The van der Waals surface area contributed by atoms with Crippen LogP contribution in [0.3, 0.4) is 0 Å². The standard InChI is InChI=1S/C18H20N4O3/c1-3-15-19-11(2)12(18(25)21-15)8-9-17(24)22-10-16(23)20-13-6-4-5-7-14(13)22/h4-7H,3,8-10H2,1-2H3,(H,20,23)(H,19,21,25). The maximum absolute atomic E-state index is 12.6. The van der Waals surface area contributed by atoms with Gasteiger partial charge in [0.1, 0.15) is 12.4 Å². The molecule has 0 bridgehead atoms. The number of aromatic amines is 1. The zero-order chi connectivity index (χ0) is 18.0. The minimum Gasteiger partial charge on any atom is -0.323 e. The van der Waals surface area contributed by atoms with Gasteiger partial charge in [-0.15, -0.1) is 0 Å². The van der Waals surface area contributed by atoms with Gasteiger partial charge in [0, 0.05) is 24.1 Å². The number of aryl methyl sites for hydroxylation is 2. The van der Waals surface area contributed by atoms with Gasteiger partial charge in [-0.25, -0.2) is 4.98 Å².